The largest absolute Gasteiger partial charge is 0.481 e. The van der Waals surface area contributed by atoms with Gasteiger partial charge in [0.05, 0.1) is 0 Å². The molecule has 0 aromatic rings. The van der Waals surface area contributed by atoms with Gasteiger partial charge in [0, 0.05) is 6.42 Å². The Balaban J connectivity index is 2.79. The fourth-order valence-corrected chi connectivity index (χ4v) is 1.61. The molecule has 0 heterocycles. The van der Waals surface area contributed by atoms with E-state index < -0.39 is 11.9 Å². The molecule has 62 valence electrons. The highest BCUT2D eigenvalue weighted by Crippen LogP contribution is 2.33. The Kier molecular flexibility index (Phi) is 1.98. The normalized spacial score (nSPS) is 37.6. The first-order valence-corrected chi connectivity index (χ1v) is 3.79. The fraction of sp³-hybridized carbons (Fsp3) is 0.750. The van der Waals surface area contributed by atoms with Crippen molar-refractivity contribution in [3.63, 3.8) is 0 Å². The van der Waals surface area contributed by atoms with E-state index in [1.165, 1.54) is 0 Å². The van der Waals surface area contributed by atoms with Crippen molar-refractivity contribution in [3.8, 4) is 0 Å². The summed E-state index contributed by atoms with van der Waals surface area (Å²) in [5, 5.41) is 8.65. The molecule has 1 saturated carbocycles. The van der Waals surface area contributed by atoms with Crippen molar-refractivity contribution in [2.75, 3.05) is 0 Å². The number of Topliss-reactive ketones (excluding diaryl/α,β-unsaturated/α-hetero) is 1. The van der Waals surface area contributed by atoms with Crippen LogP contribution < -0.4 is 0 Å². The van der Waals surface area contributed by atoms with E-state index in [0.29, 0.717) is 6.42 Å². The fourth-order valence-electron chi connectivity index (χ4n) is 1.61. The Morgan fingerprint density at radius 3 is 2.27 bits per heavy atom. The van der Waals surface area contributed by atoms with E-state index in [2.05, 4.69) is 0 Å². The molecular formula is C8H12O3. The number of hydrogen-bond donors (Lipinski definition) is 1. The molecule has 0 aromatic carbocycles. The van der Waals surface area contributed by atoms with Crippen molar-refractivity contribution in [1.29, 1.82) is 0 Å². The van der Waals surface area contributed by atoms with Crippen molar-refractivity contribution in [2.24, 2.45) is 17.8 Å². The molecule has 0 spiro atoms. The molecule has 3 nitrogen and oxygen atoms in total. The smallest absolute Gasteiger partial charge is 0.314 e. The van der Waals surface area contributed by atoms with Gasteiger partial charge in [0.15, 0.2) is 0 Å². The number of carbonyl (C=O) groups excluding carboxylic acids is 1. The maximum Gasteiger partial charge on any atom is 0.314 e. The summed E-state index contributed by atoms with van der Waals surface area (Å²) in [5.74, 6) is -1.60. The maximum atomic E-state index is 11.1. The zero-order chi connectivity index (χ0) is 8.59. The Morgan fingerprint density at radius 1 is 1.55 bits per heavy atom. The first-order valence-electron chi connectivity index (χ1n) is 3.79. The Hall–Kier alpha value is -0.860. The van der Waals surface area contributed by atoms with Crippen LogP contribution >= 0.6 is 0 Å². The lowest BCUT2D eigenvalue weighted by Crippen LogP contribution is -2.23. The predicted octanol–water partition coefficient (Wildman–Crippen LogP) is 0.932. The van der Waals surface area contributed by atoms with Gasteiger partial charge >= 0.3 is 5.97 Å². The number of aliphatic carboxylic acids is 1. The van der Waals surface area contributed by atoms with Crippen LogP contribution in [0.15, 0.2) is 0 Å². The summed E-state index contributed by atoms with van der Waals surface area (Å²) in [6, 6.07) is 0. The average molecular weight is 156 g/mol. The third-order valence-electron chi connectivity index (χ3n) is 2.56. The molecule has 1 aliphatic rings. The molecule has 0 radical (unpaired) electrons. The van der Waals surface area contributed by atoms with Gasteiger partial charge in [-0.05, 0) is 11.8 Å². The van der Waals surface area contributed by atoms with Crippen LogP contribution in [0.25, 0.3) is 0 Å². The van der Waals surface area contributed by atoms with E-state index >= 15 is 0 Å². The number of hydrogen-bond acceptors (Lipinski definition) is 2. The molecule has 1 unspecified atom stereocenters. The van der Waals surface area contributed by atoms with Gasteiger partial charge in [-0.25, -0.2) is 0 Å². The van der Waals surface area contributed by atoms with E-state index in [-0.39, 0.29) is 17.6 Å². The van der Waals surface area contributed by atoms with Crippen LogP contribution in [0.2, 0.25) is 0 Å². The minimum atomic E-state index is -0.966. The summed E-state index contributed by atoms with van der Waals surface area (Å²) in [5.41, 5.74) is 0. The number of rotatable bonds is 1. The highest BCUT2D eigenvalue weighted by Gasteiger charge is 2.41. The second kappa shape index (κ2) is 2.64. The molecule has 11 heavy (non-hydrogen) atoms. The summed E-state index contributed by atoms with van der Waals surface area (Å²) in [6.07, 6.45) is 0.429. The SMILES string of the molecule is C[C@H]1CC(=O)C(C(=O)O)[C@@H]1C. The molecular weight excluding hydrogens is 144 g/mol. The Morgan fingerprint density at radius 2 is 2.09 bits per heavy atom. The minimum Gasteiger partial charge on any atom is -0.481 e. The van der Waals surface area contributed by atoms with Crippen LogP contribution in [0, 0.1) is 17.8 Å². The molecule has 3 atom stereocenters. The van der Waals surface area contributed by atoms with Gasteiger partial charge < -0.3 is 5.11 Å². The molecule has 3 heteroatoms. The van der Waals surface area contributed by atoms with E-state index in [1.807, 2.05) is 13.8 Å². The van der Waals surface area contributed by atoms with Crippen LogP contribution in [-0.4, -0.2) is 16.9 Å². The highest BCUT2D eigenvalue weighted by atomic mass is 16.4. The van der Waals surface area contributed by atoms with Gasteiger partial charge in [-0.1, -0.05) is 13.8 Å². The van der Waals surface area contributed by atoms with Gasteiger partial charge in [-0.2, -0.15) is 0 Å². The summed E-state index contributed by atoms with van der Waals surface area (Å²) in [7, 11) is 0. The summed E-state index contributed by atoms with van der Waals surface area (Å²) in [6.45, 7) is 3.75. The molecule has 0 aromatic heterocycles. The maximum absolute atomic E-state index is 11.1. The lowest BCUT2D eigenvalue weighted by molar-refractivity contribution is -0.146. The van der Waals surface area contributed by atoms with Gasteiger partial charge in [-0.15, -0.1) is 0 Å². The zero-order valence-electron chi connectivity index (χ0n) is 6.70. The van der Waals surface area contributed by atoms with Crippen LogP contribution in [0.5, 0.6) is 0 Å². The molecule has 0 saturated heterocycles. The van der Waals surface area contributed by atoms with Crippen LogP contribution in [0.1, 0.15) is 20.3 Å². The first-order chi connectivity index (χ1) is 5.04. The quantitative estimate of drug-likeness (QED) is 0.574. The predicted molar refractivity (Wildman–Crippen MR) is 39.1 cm³/mol. The standard InChI is InChI=1S/C8H12O3/c1-4-3-6(9)7(5(4)2)8(10)11/h4-5,7H,3H2,1-2H3,(H,10,11)/t4-,5+,7?/m0/s1. The molecule has 1 rings (SSSR count). The van der Waals surface area contributed by atoms with Gasteiger partial charge in [0.25, 0.3) is 0 Å². The van der Waals surface area contributed by atoms with Gasteiger partial charge in [0.2, 0.25) is 0 Å². The van der Waals surface area contributed by atoms with Crippen molar-refractivity contribution in [3.05, 3.63) is 0 Å². The van der Waals surface area contributed by atoms with Crippen LogP contribution in [-0.2, 0) is 9.59 Å². The van der Waals surface area contributed by atoms with Gasteiger partial charge in [-0.3, -0.25) is 9.59 Å². The van der Waals surface area contributed by atoms with Crippen molar-refractivity contribution in [2.45, 2.75) is 20.3 Å². The molecule has 0 amide bonds. The van der Waals surface area contributed by atoms with Crippen molar-refractivity contribution >= 4 is 11.8 Å². The number of carboxylic acid groups (broad SMARTS) is 1. The molecule has 1 aliphatic carbocycles. The third-order valence-corrected chi connectivity index (χ3v) is 2.56. The number of ketones is 1. The van der Waals surface area contributed by atoms with Crippen molar-refractivity contribution < 1.29 is 14.7 Å². The number of carbonyl (C=O) groups is 2. The minimum absolute atomic E-state index is 0.000000000000000444. The lowest BCUT2D eigenvalue weighted by Gasteiger charge is -2.11. The highest BCUT2D eigenvalue weighted by molar-refractivity contribution is 6.00. The Labute approximate surface area is 65.4 Å². The molecule has 0 aliphatic heterocycles. The zero-order valence-corrected chi connectivity index (χ0v) is 6.70. The second-order valence-corrected chi connectivity index (χ2v) is 3.32. The summed E-state index contributed by atoms with van der Waals surface area (Å²) < 4.78 is 0. The summed E-state index contributed by atoms with van der Waals surface area (Å²) >= 11 is 0. The monoisotopic (exact) mass is 156 g/mol. The molecule has 1 fully saturated rings. The molecule has 1 N–H and O–H groups in total. The average Bonchev–Trinajstić information content (AvgIpc) is 2.07. The first kappa shape index (κ1) is 8.24. The Bertz CT molecular complexity index is 198. The topological polar surface area (TPSA) is 54.4 Å². The van der Waals surface area contributed by atoms with Crippen molar-refractivity contribution in [1.82, 2.24) is 0 Å². The lowest BCUT2D eigenvalue weighted by atomic mass is 9.93. The number of carboxylic acids is 1. The van der Waals surface area contributed by atoms with Crippen LogP contribution in [0.3, 0.4) is 0 Å². The van der Waals surface area contributed by atoms with E-state index in [1.54, 1.807) is 0 Å². The van der Waals surface area contributed by atoms with Crippen LogP contribution in [0.4, 0.5) is 0 Å². The summed E-state index contributed by atoms with van der Waals surface area (Å²) in [4.78, 5) is 21.6. The third kappa shape index (κ3) is 1.27. The van der Waals surface area contributed by atoms with E-state index in [9.17, 15) is 9.59 Å². The second-order valence-electron chi connectivity index (χ2n) is 3.32. The molecule has 0 bridgehead atoms. The van der Waals surface area contributed by atoms with E-state index in [0.717, 1.165) is 0 Å². The van der Waals surface area contributed by atoms with E-state index in [4.69, 9.17) is 5.11 Å². The van der Waals surface area contributed by atoms with Gasteiger partial charge in [0.1, 0.15) is 11.7 Å².